The second-order valence-electron chi connectivity index (χ2n) is 3.12. The molecule has 2 rings (SSSR count). The molecule has 0 fully saturated rings. The molecule has 0 bridgehead atoms. The number of nitrogens with zero attached hydrogens (tertiary/aromatic N) is 2. The first-order valence-electron chi connectivity index (χ1n) is 4.46. The Morgan fingerprint density at radius 1 is 1.33 bits per heavy atom. The molecule has 0 spiro atoms. The third-order valence-electron chi connectivity index (χ3n) is 2.07. The lowest BCUT2D eigenvalue weighted by atomic mass is 10.3. The first-order chi connectivity index (χ1) is 7.18. The molecule has 0 amide bonds. The van der Waals surface area contributed by atoms with Crippen LogP contribution in [0.3, 0.4) is 0 Å². The van der Waals surface area contributed by atoms with Gasteiger partial charge in [-0.15, -0.1) is 0 Å². The quantitative estimate of drug-likeness (QED) is 0.743. The summed E-state index contributed by atoms with van der Waals surface area (Å²) in [6.45, 7) is 1.38. The molecule has 15 heavy (non-hydrogen) atoms. The highest BCUT2D eigenvalue weighted by Gasteiger charge is 2.15. The smallest absolute Gasteiger partial charge is 0.213 e. The van der Waals surface area contributed by atoms with Crippen LogP contribution in [0.25, 0.3) is 0 Å². The average molecular weight is 245 g/mol. The summed E-state index contributed by atoms with van der Waals surface area (Å²) < 4.78 is 0. The Morgan fingerprint density at radius 3 is 2.53 bits per heavy atom. The number of halogens is 2. The van der Waals surface area contributed by atoms with Gasteiger partial charge in [-0.1, -0.05) is 29.3 Å². The van der Waals surface area contributed by atoms with Gasteiger partial charge in [-0.25, -0.2) is 10.8 Å². The molecule has 0 saturated heterocycles. The summed E-state index contributed by atoms with van der Waals surface area (Å²) in [5.74, 6) is 6.27. The van der Waals surface area contributed by atoms with E-state index in [1.165, 1.54) is 5.01 Å². The van der Waals surface area contributed by atoms with Crippen LogP contribution in [-0.2, 0) is 0 Å². The minimum absolute atomic E-state index is 0.547. The van der Waals surface area contributed by atoms with Crippen LogP contribution in [0.1, 0.15) is 0 Å². The molecule has 0 unspecified atom stereocenters. The van der Waals surface area contributed by atoms with Gasteiger partial charge >= 0.3 is 0 Å². The number of hydrogen-bond acceptors (Lipinski definition) is 4. The maximum Gasteiger partial charge on any atom is 0.213 e. The second-order valence-corrected chi connectivity index (χ2v) is 3.93. The molecule has 1 aliphatic heterocycles. The van der Waals surface area contributed by atoms with E-state index in [4.69, 9.17) is 29.0 Å². The Balaban J connectivity index is 2.24. The molecule has 0 saturated carbocycles. The van der Waals surface area contributed by atoms with Crippen LogP contribution >= 0.6 is 23.2 Å². The molecule has 3 N–H and O–H groups in total. The van der Waals surface area contributed by atoms with Crippen molar-refractivity contribution < 1.29 is 0 Å². The topological polar surface area (TPSA) is 53.6 Å². The lowest BCUT2D eigenvalue weighted by molar-refractivity contribution is 0.483. The normalized spacial score (nSPS) is 15.4. The Bertz CT molecular complexity index is 385. The number of benzene rings is 1. The van der Waals surface area contributed by atoms with Gasteiger partial charge in [0.2, 0.25) is 5.96 Å². The molecule has 0 aliphatic carbocycles. The zero-order chi connectivity index (χ0) is 10.8. The molecule has 1 aromatic rings. The van der Waals surface area contributed by atoms with Crippen molar-refractivity contribution in [3.8, 4) is 0 Å². The summed E-state index contributed by atoms with van der Waals surface area (Å²) in [5, 5.41) is 5.64. The van der Waals surface area contributed by atoms with Gasteiger partial charge in [0.15, 0.2) is 0 Å². The zero-order valence-corrected chi connectivity index (χ0v) is 9.39. The molecule has 0 aromatic heterocycles. The van der Waals surface area contributed by atoms with E-state index in [1.54, 1.807) is 18.2 Å². The van der Waals surface area contributed by atoms with Gasteiger partial charge in [-0.2, -0.15) is 0 Å². The van der Waals surface area contributed by atoms with Crippen LogP contribution in [0.15, 0.2) is 23.2 Å². The van der Waals surface area contributed by atoms with Crippen LogP contribution in [0, 0.1) is 0 Å². The number of hydrazine groups is 1. The van der Waals surface area contributed by atoms with Gasteiger partial charge in [0.25, 0.3) is 0 Å². The SMILES string of the molecule is NN1CCN=C1Nc1c(Cl)cccc1Cl. The van der Waals surface area contributed by atoms with Gasteiger partial charge in [0, 0.05) is 0 Å². The molecule has 4 nitrogen and oxygen atoms in total. The van der Waals surface area contributed by atoms with E-state index in [0.717, 1.165) is 0 Å². The number of para-hydroxylation sites is 1. The van der Waals surface area contributed by atoms with E-state index < -0.39 is 0 Å². The van der Waals surface area contributed by atoms with Gasteiger partial charge in [-0.05, 0) is 12.1 Å². The fraction of sp³-hybridized carbons (Fsp3) is 0.222. The molecule has 0 atom stereocenters. The van der Waals surface area contributed by atoms with Crippen molar-refractivity contribution in [2.75, 3.05) is 18.4 Å². The minimum atomic E-state index is 0.547. The lowest BCUT2D eigenvalue weighted by Crippen LogP contribution is -2.38. The molecular formula is C9H10Cl2N4. The van der Waals surface area contributed by atoms with Crippen LogP contribution in [0.2, 0.25) is 10.0 Å². The van der Waals surface area contributed by atoms with E-state index >= 15 is 0 Å². The molecular weight excluding hydrogens is 235 g/mol. The third-order valence-corrected chi connectivity index (χ3v) is 2.70. The van der Waals surface area contributed by atoms with Crippen LogP contribution in [0.5, 0.6) is 0 Å². The van der Waals surface area contributed by atoms with Gasteiger partial charge in [-0.3, -0.25) is 5.01 Å². The van der Waals surface area contributed by atoms with Crippen LogP contribution in [-0.4, -0.2) is 24.1 Å². The Morgan fingerprint density at radius 2 is 2.00 bits per heavy atom. The summed E-state index contributed by atoms with van der Waals surface area (Å²) in [4.78, 5) is 4.18. The second kappa shape index (κ2) is 4.26. The Kier molecular flexibility index (Phi) is 3.00. The third kappa shape index (κ3) is 2.17. The van der Waals surface area contributed by atoms with Crippen LogP contribution < -0.4 is 11.2 Å². The molecule has 1 heterocycles. The predicted octanol–water partition coefficient (Wildman–Crippen LogP) is 1.95. The zero-order valence-electron chi connectivity index (χ0n) is 7.87. The highest BCUT2D eigenvalue weighted by atomic mass is 35.5. The highest BCUT2D eigenvalue weighted by Crippen LogP contribution is 2.30. The van der Waals surface area contributed by atoms with E-state index in [1.807, 2.05) is 0 Å². The monoisotopic (exact) mass is 244 g/mol. The summed E-state index contributed by atoms with van der Waals surface area (Å²) in [5.41, 5.74) is 0.636. The number of aliphatic imine (C=N–C) groups is 1. The fourth-order valence-electron chi connectivity index (χ4n) is 1.30. The van der Waals surface area contributed by atoms with Crippen molar-refractivity contribution >= 4 is 34.8 Å². The van der Waals surface area contributed by atoms with Gasteiger partial charge in [0.05, 0.1) is 28.8 Å². The minimum Gasteiger partial charge on any atom is -0.323 e. The van der Waals surface area contributed by atoms with E-state index in [-0.39, 0.29) is 0 Å². The summed E-state index contributed by atoms with van der Waals surface area (Å²) >= 11 is 12.0. The first kappa shape index (κ1) is 10.5. The van der Waals surface area contributed by atoms with E-state index in [9.17, 15) is 0 Å². The van der Waals surface area contributed by atoms with Crippen molar-refractivity contribution in [1.82, 2.24) is 5.01 Å². The van der Waals surface area contributed by atoms with Crippen molar-refractivity contribution in [3.05, 3.63) is 28.2 Å². The molecule has 0 radical (unpaired) electrons. The first-order valence-corrected chi connectivity index (χ1v) is 5.22. The summed E-state index contributed by atoms with van der Waals surface area (Å²) in [7, 11) is 0. The molecule has 6 heteroatoms. The van der Waals surface area contributed by atoms with Gasteiger partial charge < -0.3 is 5.32 Å². The predicted molar refractivity (Wildman–Crippen MR) is 63.3 cm³/mol. The molecule has 1 aromatic carbocycles. The maximum atomic E-state index is 5.99. The average Bonchev–Trinajstić information content (AvgIpc) is 2.58. The number of rotatable bonds is 1. The number of nitrogens with one attached hydrogen (secondary N) is 1. The number of nitrogens with two attached hydrogens (primary N) is 1. The summed E-state index contributed by atoms with van der Waals surface area (Å²) in [6.07, 6.45) is 0. The van der Waals surface area contributed by atoms with E-state index in [2.05, 4.69) is 10.3 Å². The number of guanidine groups is 1. The highest BCUT2D eigenvalue weighted by molar-refractivity contribution is 6.39. The van der Waals surface area contributed by atoms with Gasteiger partial charge in [0.1, 0.15) is 0 Å². The van der Waals surface area contributed by atoms with Crippen LogP contribution in [0.4, 0.5) is 5.69 Å². The molecule has 1 aliphatic rings. The standard InChI is InChI=1S/C9H10Cl2N4/c10-6-2-1-3-7(11)8(6)14-9-13-4-5-15(9)12/h1-3H,4-5,12H2,(H,13,14). The van der Waals surface area contributed by atoms with E-state index in [0.29, 0.717) is 34.8 Å². The van der Waals surface area contributed by atoms with Crippen molar-refractivity contribution in [3.63, 3.8) is 0 Å². The molecule has 80 valence electrons. The lowest BCUT2D eigenvalue weighted by Gasteiger charge is -2.16. The Labute approximate surface area is 97.6 Å². The van der Waals surface area contributed by atoms with Crippen molar-refractivity contribution in [2.45, 2.75) is 0 Å². The maximum absolute atomic E-state index is 5.99. The number of anilines is 1. The van der Waals surface area contributed by atoms with Crippen molar-refractivity contribution in [2.24, 2.45) is 10.8 Å². The Hall–Kier alpha value is -0.970. The number of hydrogen-bond donors (Lipinski definition) is 2. The largest absolute Gasteiger partial charge is 0.323 e. The summed E-state index contributed by atoms with van der Waals surface area (Å²) in [6, 6.07) is 5.30. The van der Waals surface area contributed by atoms with Crippen molar-refractivity contribution in [1.29, 1.82) is 0 Å². The fourth-order valence-corrected chi connectivity index (χ4v) is 1.79.